The lowest BCUT2D eigenvalue weighted by atomic mass is 10.2. The van der Waals surface area contributed by atoms with Crippen LogP contribution in [0.5, 0.6) is 0 Å². The normalized spacial score (nSPS) is 24.7. The van der Waals surface area contributed by atoms with Gasteiger partial charge in [-0.3, -0.25) is 0 Å². The number of para-hydroxylation sites is 1. The van der Waals surface area contributed by atoms with Crippen molar-refractivity contribution < 1.29 is 0 Å². The highest BCUT2D eigenvalue weighted by Crippen LogP contribution is 2.38. The molecule has 0 aliphatic heterocycles. The fraction of sp³-hybridized carbons (Fsp3) is 0.455. The number of anilines is 2. The van der Waals surface area contributed by atoms with Crippen molar-refractivity contribution in [2.24, 2.45) is 5.92 Å². The molecule has 0 radical (unpaired) electrons. The lowest BCUT2D eigenvalue weighted by molar-refractivity contribution is 0.775. The molecule has 2 nitrogen and oxygen atoms in total. The Morgan fingerprint density at radius 2 is 2.36 bits per heavy atom. The van der Waals surface area contributed by atoms with Gasteiger partial charge in [0, 0.05) is 6.04 Å². The predicted molar refractivity (Wildman–Crippen MR) is 61.7 cm³/mol. The van der Waals surface area contributed by atoms with E-state index in [1.807, 2.05) is 18.2 Å². The van der Waals surface area contributed by atoms with Gasteiger partial charge in [0.15, 0.2) is 0 Å². The van der Waals surface area contributed by atoms with Crippen LogP contribution in [-0.4, -0.2) is 6.04 Å². The molecule has 1 saturated carbocycles. The topological polar surface area (TPSA) is 38.0 Å². The van der Waals surface area contributed by atoms with Gasteiger partial charge < -0.3 is 11.1 Å². The summed E-state index contributed by atoms with van der Waals surface area (Å²) < 4.78 is 0. The van der Waals surface area contributed by atoms with Gasteiger partial charge in [0.05, 0.1) is 16.4 Å². The van der Waals surface area contributed by atoms with E-state index < -0.39 is 0 Å². The smallest absolute Gasteiger partial charge is 0.0739 e. The van der Waals surface area contributed by atoms with E-state index >= 15 is 0 Å². The molecule has 2 rings (SSSR count). The van der Waals surface area contributed by atoms with Gasteiger partial charge in [-0.15, -0.1) is 0 Å². The van der Waals surface area contributed by atoms with Gasteiger partial charge in [-0.25, -0.2) is 0 Å². The average molecular weight is 211 g/mol. The minimum atomic E-state index is 0.598. The minimum absolute atomic E-state index is 0.598. The first kappa shape index (κ1) is 9.66. The number of nitrogens with one attached hydrogen (secondary N) is 1. The molecular formula is C11H15ClN2. The lowest BCUT2D eigenvalue weighted by Gasteiger charge is -2.09. The van der Waals surface area contributed by atoms with Gasteiger partial charge in [0.2, 0.25) is 0 Å². The number of nitrogens with two attached hydrogens (primary N) is 1. The van der Waals surface area contributed by atoms with Crippen LogP contribution < -0.4 is 11.1 Å². The number of halogens is 1. The van der Waals surface area contributed by atoms with Crippen molar-refractivity contribution in [3.8, 4) is 0 Å². The second-order valence-electron chi connectivity index (χ2n) is 3.86. The van der Waals surface area contributed by atoms with Crippen LogP contribution in [0.1, 0.15) is 19.8 Å². The van der Waals surface area contributed by atoms with Crippen molar-refractivity contribution in [1.82, 2.24) is 0 Å². The second-order valence-corrected chi connectivity index (χ2v) is 4.26. The van der Waals surface area contributed by atoms with Crippen molar-refractivity contribution in [2.75, 3.05) is 11.1 Å². The molecule has 14 heavy (non-hydrogen) atoms. The molecule has 0 amide bonds. The summed E-state index contributed by atoms with van der Waals surface area (Å²) >= 11 is 5.92. The Labute approximate surface area is 89.4 Å². The molecule has 1 aromatic carbocycles. The second kappa shape index (κ2) is 3.70. The Hall–Kier alpha value is -0.890. The van der Waals surface area contributed by atoms with E-state index in [9.17, 15) is 0 Å². The summed E-state index contributed by atoms with van der Waals surface area (Å²) in [5.74, 6) is 0.813. The number of hydrogen-bond acceptors (Lipinski definition) is 2. The fourth-order valence-electron chi connectivity index (χ4n) is 1.74. The number of rotatable bonds is 3. The van der Waals surface area contributed by atoms with Crippen molar-refractivity contribution in [1.29, 1.82) is 0 Å². The number of hydrogen-bond donors (Lipinski definition) is 2. The maximum absolute atomic E-state index is 5.92. The summed E-state index contributed by atoms with van der Waals surface area (Å²) in [5.41, 5.74) is 7.48. The molecule has 0 bridgehead atoms. The first-order chi connectivity index (χ1) is 6.72. The van der Waals surface area contributed by atoms with Crippen LogP contribution in [0.25, 0.3) is 0 Å². The molecule has 3 N–H and O–H groups in total. The molecule has 0 spiro atoms. The van der Waals surface area contributed by atoms with Crippen LogP contribution in [0.3, 0.4) is 0 Å². The number of benzene rings is 1. The van der Waals surface area contributed by atoms with Crippen molar-refractivity contribution in [3.05, 3.63) is 23.2 Å². The monoisotopic (exact) mass is 210 g/mol. The zero-order valence-corrected chi connectivity index (χ0v) is 9.01. The highest BCUT2D eigenvalue weighted by molar-refractivity contribution is 6.33. The van der Waals surface area contributed by atoms with Crippen LogP contribution in [0, 0.1) is 5.92 Å². The molecule has 0 heterocycles. The summed E-state index contributed by atoms with van der Waals surface area (Å²) in [7, 11) is 0. The van der Waals surface area contributed by atoms with Crippen LogP contribution in [0.4, 0.5) is 11.4 Å². The predicted octanol–water partition coefficient (Wildman–Crippen LogP) is 3.13. The third-order valence-corrected chi connectivity index (χ3v) is 3.17. The van der Waals surface area contributed by atoms with E-state index in [1.54, 1.807) is 0 Å². The molecule has 0 saturated heterocycles. The molecule has 2 unspecified atom stereocenters. The van der Waals surface area contributed by atoms with Crippen LogP contribution in [-0.2, 0) is 0 Å². The zero-order valence-electron chi connectivity index (χ0n) is 8.26. The van der Waals surface area contributed by atoms with E-state index in [-0.39, 0.29) is 0 Å². The molecule has 2 atom stereocenters. The van der Waals surface area contributed by atoms with E-state index in [1.165, 1.54) is 12.8 Å². The molecule has 1 aliphatic rings. The maximum atomic E-state index is 5.92. The molecule has 1 aliphatic carbocycles. The standard InChI is InChI=1S/C11H15ClN2/c1-2-7-6-10(7)14-9-5-3-4-8(12)11(9)13/h3-5,7,10,14H,2,6,13H2,1H3. The van der Waals surface area contributed by atoms with Gasteiger partial charge in [0.25, 0.3) is 0 Å². The Balaban J connectivity index is 2.07. The molecule has 1 aromatic rings. The Morgan fingerprint density at radius 3 is 3.00 bits per heavy atom. The van der Waals surface area contributed by atoms with Gasteiger partial charge in [-0.2, -0.15) is 0 Å². The van der Waals surface area contributed by atoms with Gasteiger partial charge in [-0.05, 0) is 24.5 Å². The Kier molecular flexibility index (Phi) is 2.55. The highest BCUT2D eigenvalue weighted by atomic mass is 35.5. The summed E-state index contributed by atoms with van der Waals surface area (Å²) in [6.45, 7) is 2.22. The summed E-state index contributed by atoms with van der Waals surface area (Å²) in [4.78, 5) is 0. The van der Waals surface area contributed by atoms with Crippen LogP contribution >= 0.6 is 11.6 Å². The largest absolute Gasteiger partial charge is 0.396 e. The van der Waals surface area contributed by atoms with E-state index in [0.29, 0.717) is 16.8 Å². The lowest BCUT2D eigenvalue weighted by Crippen LogP contribution is -2.06. The van der Waals surface area contributed by atoms with Crippen LogP contribution in [0.2, 0.25) is 5.02 Å². The average Bonchev–Trinajstić information content (AvgIpc) is 2.92. The summed E-state index contributed by atoms with van der Waals surface area (Å²) in [6, 6.07) is 6.31. The van der Waals surface area contributed by atoms with E-state index in [0.717, 1.165) is 11.6 Å². The zero-order chi connectivity index (χ0) is 10.1. The Bertz CT molecular complexity index is 338. The first-order valence-electron chi connectivity index (χ1n) is 5.03. The van der Waals surface area contributed by atoms with Gasteiger partial charge >= 0.3 is 0 Å². The Morgan fingerprint density at radius 1 is 1.57 bits per heavy atom. The van der Waals surface area contributed by atoms with Crippen molar-refractivity contribution >= 4 is 23.0 Å². The third-order valence-electron chi connectivity index (χ3n) is 2.84. The summed E-state index contributed by atoms with van der Waals surface area (Å²) in [5, 5.41) is 4.04. The van der Waals surface area contributed by atoms with Crippen LogP contribution in [0.15, 0.2) is 18.2 Å². The highest BCUT2D eigenvalue weighted by Gasteiger charge is 2.35. The molecule has 76 valence electrons. The molecule has 0 aromatic heterocycles. The number of nitrogen functional groups attached to an aromatic ring is 1. The quantitative estimate of drug-likeness (QED) is 0.753. The first-order valence-corrected chi connectivity index (χ1v) is 5.40. The SMILES string of the molecule is CCC1CC1Nc1cccc(Cl)c1N. The maximum Gasteiger partial charge on any atom is 0.0739 e. The minimum Gasteiger partial charge on any atom is -0.396 e. The molecular weight excluding hydrogens is 196 g/mol. The molecule has 1 fully saturated rings. The van der Waals surface area contributed by atoms with Crippen molar-refractivity contribution in [2.45, 2.75) is 25.8 Å². The van der Waals surface area contributed by atoms with Gasteiger partial charge in [-0.1, -0.05) is 31.0 Å². The van der Waals surface area contributed by atoms with E-state index in [2.05, 4.69) is 12.2 Å². The third kappa shape index (κ3) is 1.80. The van der Waals surface area contributed by atoms with Crippen molar-refractivity contribution in [3.63, 3.8) is 0 Å². The molecule has 3 heteroatoms. The van der Waals surface area contributed by atoms with E-state index in [4.69, 9.17) is 17.3 Å². The summed E-state index contributed by atoms with van der Waals surface area (Å²) in [6.07, 6.45) is 2.49. The fourth-order valence-corrected chi connectivity index (χ4v) is 1.91. The van der Waals surface area contributed by atoms with Gasteiger partial charge in [0.1, 0.15) is 0 Å².